The van der Waals surface area contributed by atoms with E-state index in [1.54, 1.807) is 31.3 Å². The zero-order valence-electron chi connectivity index (χ0n) is 14.7. The lowest BCUT2D eigenvalue weighted by molar-refractivity contribution is 0.0478. The molecular formula is C21H19N3O2. The van der Waals surface area contributed by atoms with Gasteiger partial charge in [0.05, 0.1) is 22.6 Å². The van der Waals surface area contributed by atoms with Gasteiger partial charge in [-0.3, -0.25) is 0 Å². The van der Waals surface area contributed by atoms with Gasteiger partial charge in [0.25, 0.3) is 0 Å². The van der Waals surface area contributed by atoms with E-state index in [-0.39, 0.29) is 0 Å². The van der Waals surface area contributed by atoms with Crippen LogP contribution in [0.15, 0.2) is 89.1 Å². The normalized spacial score (nSPS) is 10.7. The Kier molecular flexibility index (Phi) is 5.39. The minimum Gasteiger partial charge on any atom is -0.336 e. The molecule has 0 amide bonds. The molecule has 0 aromatic heterocycles. The van der Waals surface area contributed by atoms with Crippen molar-refractivity contribution in [3.63, 3.8) is 0 Å². The van der Waals surface area contributed by atoms with Crippen molar-refractivity contribution in [3.8, 4) is 0 Å². The Labute approximate surface area is 152 Å². The van der Waals surface area contributed by atoms with Gasteiger partial charge in [-0.1, -0.05) is 30.3 Å². The fourth-order valence-electron chi connectivity index (χ4n) is 2.34. The van der Waals surface area contributed by atoms with E-state index in [9.17, 15) is 4.79 Å². The van der Waals surface area contributed by atoms with Crippen molar-refractivity contribution in [1.82, 2.24) is 0 Å². The first-order valence-electron chi connectivity index (χ1n) is 8.21. The summed E-state index contributed by atoms with van der Waals surface area (Å²) in [5.74, 6) is -0.406. The Bertz CT molecular complexity index is 906. The number of hydrogen-bond acceptors (Lipinski definition) is 5. The van der Waals surface area contributed by atoms with Crippen LogP contribution in [0, 0.1) is 6.92 Å². The Morgan fingerprint density at radius 2 is 1.54 bits per heavy atom. The van der Waals surface area contributed by atoms with Crippen LogP contribution in [0.2, 0.25) is 0 Å². The average molecular weight is 345 g/mol. The molecule has 0 unspecified atom stereocenters. The first-order valence-corrected chi connectivity index (χ1v) is 8.21. The second kappa shape index (κ2) is 8.07. The van der Waals surface area contributed by atoms with E-state index >= 15 is 0 Å². The molecule has 0 heterocycles. The summed E-state index contributed by atoms with van der Waals surface area (Å²) in [6.45, 7) is 2.01. The smallest absolute Gasteiger partial charge is 0.336 e. The largest absolute Gasteiger partial charge is 0.363 e. The first kappa shape index (κ1) is 17.4. The van der Waals surface area contributed by atoms with Crippen LogP contribution in [0.3, 0.4) is 0 Å². The summed E-state index contributed by atoms with van der Waals surface area (Å²) in [6.07, 6.45) is 0. The molecule has 0 radical (unpaired) electrons. The third kappa shape index (κ3) is 4.54. The summed E-state index contributed by atoms with van der Waals surface area (Å²) in [6, 6.07) is 24.0. The highest BCUT2D eigenvalue weighted by Crippen LogP contribution is 2.22. The molecule has 0 spiro atoms. The molecule has 3 aromatic rings. The SMILES string of the molecule is Cc1cccc(N=Nc2ccc(N(C)OC(=O)c3ccccc3)cc2)c1. The van der Waals surface area contributed by atoms with Gasteiger partial charge in [0, 0.05) is 7.05 Å². The van der Waals surface area contributed by atoms with Crippen LogP contribution < -0.4 is 5.06 Å². The Hall–Kier alpha value is -3.47. The molecule has 5 heteroatoms. The van der Waals surface area contributed by atoms with Crippen LogP contribution >= 0.6 is 0 Å². The first-order chi connectivity index (χ1) is 12.6. The predicted octanol–water partition coefficient (Wildman–Crippen LogP) is 5.62. The minimum atomic E-state index is -0.406. The van der Waals surface area contributed by atoms with Crippen molar-refractivity contribution in [3.05, 3.63) is 90.0 Å². The zero-order valence-corrected chi connectivity index (χ0v) is 14.7. The van der Waals surface area contributed by atoms with E-state index in [1.807, 2.05) is 61.5 Å². The van der Waals surface area contributed by atoms with Crippen molar-refractivity contribution in [2.45, 2.75) is 6.92 Å². The predicted molar refractivity (Wildman–Crippen MR) is 102 cm³/mol. The van der Waals surface area contributed by atoms with E-state index < -0.39 is 5.97 Å². The van der Waals surface area contributed by atoms with Crippen LogP contribution in [0.25, 0.3) is 0 Å². The maximum Gasteiger partial charge on any atom is 0.363 e. The number of hydrogen-bond donors (Lipinski definition) is 0. The molecule has 0 fully saturated rings. The Balaban J connectivity index is 1.64. The molecule has 130 valence electrons. The van der Waals surface area contributed by atoms with Gasteiger partial charge in [-0.05, 0) is 61.0 Å². The molecule has 0 aliphatic rings. The second-order valence-electron chi connectivity index (χ2n) is 5.80. The van der Waals surface area contributed by atoms with Crippen LogP contribution in [0.4, 0.5) is 17.1 Å². The van der Waals surface area contributed by atoms with E-state index in [4.69, 9.17) is 4.84 Å². The molecule has 0 aliphatic carbocycles. The number of azo groups is 1. The molecule has 3 rings (SSSR count). The van der Waals surface area contributed by atoms with Crippen molar-refractivity contribution < 1.29 is 9.63 Å². The number of rotatable bonds is 5. The van der Waals surface area contributed by atoms with Crippen LogP contribution in [-0.4, -0.2) is 13.0 Å². The fraction of sp³-hybridized carbons (Fsp3) is 0.0952. The van der Waals surface area contributed by atoms with E-state index in [1.165, 1.54) is 5.06 Å². The molecule has 0 atom stereocenters. The number of anilines is 1. The maximum absolute atomic E-state index is 12.1. The van der Waals surface area contributed by atoms with E-state index in [0.29, 0.717) is 5.56 Å². The lowest BCUT2D eigenvalue weighted by Crippen LogP contribution is -2.22. The Morgan fingerprint density at radius 1 is 0.846 bits per heavy atom. The molecular weight excluding hydrogens is 326 g/mol. The Morgan fingerprint density at radius 3 is 2.23 bits per heavy atom. The number of benzene rings is 3. The highest BCUT2D eigenvalue weighted by atomic mass is 16.7. The highest BCUT2D eigenvalue weighted by molar-refractivity contribution is 5.89. The number of carbonyl (C=O) groups is 1. The van der Waals surface area contributed by atoms with Crippen molar-refractivity contribution in [2.24, 2.45) is 10.2 Å². The summed E-state index contributed by atoms with van der Waals surface area (Å²) < 4.78 is 0. The van der Waals surface area contributed by atoms with Crippen LogP contribution in [-0.2, 0) is 4.84 Å². The van der Waals surface area contributed by atoms with Gasteiger partial charge in [0.1, 0.15) is 0 Å². The standard InChI is InChI=1S/C21H19N3O2/c1-16-7-6-10-19(15-16)23-22-18-11-13-20(14-12-18)24(2)26-21(25)17-8-4-3-5-9-17/h3-15H,1-2H3. The lowest BCUT2D eigenvalue weighted by atomic mass is 10.2. The van der Waals surface area contributed by atoms with E-state index in [0.717, 1.165) is 22.6 Å². The van der Waals surface area contributed by atoms with Crippen molar-refractivity contribution in [2.75, 3.05) is 12.1 Å². The number of aryl methyl sites for hydroxylation is 1. The average Bonchev–Trinajstić information content (AvgIpc) is 2.67. The summed E-state index contributed by atoms with van der Waals surface area (Å²) in [7, 11) is 1.68. The summed E-state index contributed by atoms with van der Waals surface area (Å²) in [5, 5.41) is 9.88. The van der Waals surface area contributed by atoms with Crippen molar-refractivity contribution in [1.29, 1.82) is 0 Å². The molecule has 26 heavy (non-hydrogen) atoms. The van der Waals surface area contributed by atoms with Gasteiger partial charge in [0.2, 0.25) is 0 Å². The molecule has 0 saturated heterocycles. The van der Waals surface area contributed by atoms with Gasteiger partial charge in [-0.15, -0.1) is 0 Å². The zero-order chi connectivity index (χ0) is 18.4. The molecule has 0 aliphatic heterocycles. The van der Waals surface area contributed by atoms with Crippen LogP contribution in [0.1, 0.15) is 15.9 Å². The highest BCUT2D eigenvalue weighted by Gasteiger charge is 2.11. The van der Waals surface area contributed by atoms with Gasteiger partial charge in [-0.2, -0.15) is 10.2 Å². The molecule has 3 aromatic carbocycles. The summed E-state index contributed by atoms with van der Waals surface area (Å²) in [4.78, 5) is 17.4. The summed E-state index contributed by atoms with van der Waals surface area (Å²) in [5.41, 5.74) is 3.91. The minimum absolute atomic E-state index is 0.406. The van der Waals surface area contributed by atoms with Gasteiger partial charge < -0.3 is 4.84 Å². The number of carbonyl (C=O) groups excluding carboxylic acids is 1. The third-order valence-corrected chi connectivity index (χ3v) is 3.73. The maximum atomic E-state index is 12.1. The quantitative estimate of drug-likeness (QED) is 0.445. The van der Waals surface area contributed by atoms with Gasteiger partial charge in [-0.25, -0.2) is 9.86 Å². The summed E-state index contributed by atoms with van der Waals surface area (Å²) >= 11 is 0. The number of hydroxylamine groups is 1. The topological polar surface area (TPSA) is 54.3 Å². The van der Waals surface area contributed by atoms with Gasteiger partial charge in [0.15, 0.2) is 0 Å². The molecule has 0 saturated carbocycles. The molecule has 5 nitrogen and oxygen atoms in total. The monoisotopic (exact) mass is 345 g/mol. The number of nitrogens with zero attached hydrogens (tertiary/aromatic N) is 3. The van der Waals surface area contributed by atoms with E-state index in [2.05, 4.69) is 10.2 Å². The van der Waals surface area contributed by atoms with Gasteiger partial charge >= 0.3 is 5.97 Å². The molecule has 0 N–H and O–H groups in total. The second-order valence-corrected chi connectivity index (χ2v) is 5.80. The fourth-order valence-corrected chi connectivity index (χ4v) is 2.34. The van der Waals surface area contributed by atoms with Crippen molar-refractivity contribution >= 4 is 23.0 Å². The van der Waals surface area contributed by atoms with Crippen LogP contribution in [0.5, 0.6) is 0 Å². The lowest BCUT2D eigenvalue weighted by Gasteiger charge is -2.18. The third-order valence-electron chi connectivity index (χ3n) is 3.73. The molecule has 0 bridgehead atoms.